The third-order valence-electron chi connectivity index (χ3n) is 4.10. The minimum Gasteiger partial charge on any atom is -0.491 e. The first kappa shape index (κ1) is 16.1. The first-order valence-electron chi connectivity index (χ1n) is 7.51. The minimum atomic E-state index is -0.476. The summed E-state index contributed by atoms with van der Waals surface area (Å²) in [6.07, 6.45) is -0.476. The molecule has 1 saturated heterocycles. The summed E-state index contributed by atoms with van der Waals surface area (Å²) in [5.74, 6) is 1.37. The number of hydrogen-bond acceptors (Lipinski definition) is 5. The van der Waals surface area contributed by atoms with E-state index in [1.54, 1.807) is 12.1 Å². The van der Waals surface area contributed by atoms with E-state index in [0.29, 0.717) is 30.8 Å². The van der Waals surface area contributed by atoms with Gasteiger partial charge in [0.25, 0.3) is 0 Å². The minimum absolute atomic E-state index is 0.307. The van der Waals surface area contributed by atoms with Crippen LogP contribution in [0.4, 0.5) is 5.69 Å². The average Bonchev–Trinajstić information content (AvgIpc) is 2.79. The number of hydrogen-bond donors (Lipinski definition) is 2. The van der Waals surface area contributed by atoms with Crippen molar-refractivity contribution in [2.24, 2.45) is 5.92 Å². The quantitative estimate of drug-likeness (QED) is 0.763. The number of rotatable bonds is 6. The van der Waals surface area contributed by atoms with Crippen LogP contribution in [0.3, 0.4) is 0 Å². The molecule has 5 nitrogen and oxygen atoms in total. The molecule has 118 valence electrons. The zero-order valence-corrected chi connectivity index (χ0v) is 13.2. The summed E-state index contributed by atoms with van der Waals surface area (Å²) in [5, 5.41) is 10.1. The van der Waals surface area contributed by atoms with Gasteiger partial charge in [-0.25, -0.2) is 0 Å². The molecule has 21 heavy (non-hydrogen) atoms. The van der Waals surface area contributed by atoms with E-state index < -0.39 is 6.10 Å². The molecule has 1 fully saturated rings. The van der Waals surface area contributed by atoms with E-state index in [9.17, 15) is 5.11 Å². The number of nitrogens with zero attached hydrogens (tertiary/aromatic N) is 2. The molecule has 0 spiro atoms. The first-order valence-corrected chi connectivity index (χ1v) is 7.51. The Labute approximate surface area is 127 Å². The van der Waals surface area contributed by atoms with Gasteiger partial charge in [-0.3, -0.25) is 4.90 Å². The predicted octanol–water partition coefficient (Wildman–Crippen LogP) is 0.890. The highest BCUT2D eigenvalue weighted by Gasteiger charge is 2.31. The van der Waals surface area contributed by atoms with Crippen LogP contribution in [0.2, 0.25) is 0 Å². The van der Waals surface area contributed by atoms with Gasteiger partial charge in [0.05, 0.1) is 0 Å². The molecule has 0 radical (unpaired) electrons. The molecule has 1 aromatic rings. The van der Waals surface area contributed by atoms with Gasteiger partial charge in [0, 0.05) is 31.4 Å². The predicted molar refractivity (Wildman–Crippen MR) is 85.4 cm³/mol. The first-order chi connectivity index (χ1) is 9.95. The van der Waals surface area contributed by atoms with Crippen LogP contribution in [0.1, 0.15) is 6.92 Å². The van der Waals surface area contributed by atoms with Gasteiger partial charge in [0.2, 0.25) is 0 Å². The van der Waals surface area contributed by atoms with Crippen molar-refractivity contribution in [1.82, 2.24) is 9.80 Å². The molecule has 1 heterocycles. The lowest BCUT2D eigenvalue weighted by molar-refractivity contribution is 0.0735. The lowest BCUT2D eigenvalue weighted by atomic mass is 10.1. The van der Waals surface area contributed by atoms with Crippen LogP contribution >= 0.6 is 0 Å². The molecule has 0 saturated carbocycles. The number of β-amino-alcohol motifs (C(OH)–C–C–N with tert-alkyl or cyclic N) is 1. The zero-order chi connectivity index (χ0) is 15.4. The van der Waals surface area contributed by atoms with E-state index in [1.165, 1.54) is 0 Å². The summed E-state index contributed by atoms with van der Waals surface area (Å²) >= 11 is 0. The molecule has 3 unspecified atom stereocenters. The molecule has 0 aliphatic carbocycles. The largest absolute Gasteiger partial charge is 0.491 e. The van der Waals surface area contributed by atoms with Crippen molar-refractivity contribution in [2.75, 3.05) is 46.1 Å². The van der Waals surface area contributed by atoms with Crippen LogP contribution < -0.4 is 10.5 Å². The van der Waals surface area contributed by atoms with Crippen LogP contribution in [0, 0.1) is 5.92 Å². The van der Waals surface area contributed by atoms with Gasteiger partial charge in [-0.1, -0.05) is 6.92 Å². The summed E-state index contributed by atoms with van der Waals surface area (Å²) in [4.78, 5) is 4.58. The summed E-state index contributed by atoms with van der Waals surface area (Å²) in [6, 6.07) is 7.80. The Bertz CT molecular complexity index is 436. The summed E-state index contributed by atoms with van der Waals surface area (Å²) < 4.78 is 5.59. The second-order valence-corrected chi connectivity index (χ2v) is 6.26. The highest BCUT2D eigenvalue weighted by Crippen LogP contribution is 2.20. The maximum atomic E-state index is 10.1. The Morgan fingerprint density at radius 2 is 2.00 bits per heavy atom. The molecular weight excluding hydrogens is 266 g/mol. The maximum Gasteiger partial charge on any atom is 0.119 e. The lowest BCUT2D eigenvalue weighted by Gasteiger charge is -2.23. The van der Waals surface area contributed by atoms with Crippen LogP contribution in [-0.2, 0) is 0 Å². The van der Waals surface area contributed by atoms with Crippen LogP contribution in [-0.4, -0.2) is 67.4 Å². The fourth-order valence-corrected chi connectivity index (χ4v) is 2.98. The summed E-state index contributed by atoms with van der Waals surface area (Å²) in [5.41, 5.74) is 6.34. The lowest BCUT2D eigenvalue weighted by Crippen LogP contribution is -2.37. The fourth-order valence-electron chi connectivity index (χ4n) is 2.98. The van der Waals surface area contributed by atoms with E-state index in [-0.39, 0.29) is 0 Å². The molecule has 0 amide bonds. The van der Waals surface area contributed by atoms with E-state index in [4.69, 9.17) is 10.5 Å². The molecular formula is C16H27N3O2. The van der Waals surface area contributed by atoms with Crippen molar-refractivity contribution in [3.05, 3.63) is 24.3 Å². The van der Waals surface area contributed by atoms with Crippen molar-refractivity contribution >= 4 is 5.69 Å². The standard InChI is InChI=1S/C16H27N3O2/c1-12-8-19(10-16(12)18(2)3)9-14(20)11-21-15-6-4-13(17)5-7-15/h4-7,12,14,16,20H,8-11,17H2,1-3H3. The highest BCUT2D eigenvalue weighted by molar-refractivity contribution is 5.41. The molecule has 0 bridgehead atoms. The topological polar surface area (TPSA) is 62.0 Å². The monoisotopic (exact) mass is 293 g/mol. The number of likely N-dealkylation sites (tertiary alicyclic amines) is 1. The second kappa shape index (κ2) is 7.11. The third-order valence-corrected chi connectivity index (χ3v) is 4.10. The number of aliphatic hydroxyl groups is 1. The van der Waals surface area contributed by atoms with Crippen molar-refractivity contribution in [3.8, 4) is 5.75 Å². The van der Waals surface area contributed by atoms with Gasteiger partial charge in [-0.05, 0) is 44.3 Å². The molecule has 1 aliphatic heterocycles. The van der Waals surface area contributed by atoms with Gasteiger partial charge in [-0.2, -0.15) is 0 Å². The Hall–Kier alpha value is -1.30. The van der Waals surface area contributed by atoms with E-state index in [2.05, 4.69) is 30.8 Å². The normalized spacial score (nSPS) is 24.4. The van der Waals surface area contributed by atoms with Gasteiger partial charge in [-0.15, -0.1) is 0 Å². The third kappa shape index (κ3) is 4.59. The number of nitrogen functional groups attached to an aromatic ring is 1. The SMILES string of the molecule is CC1CN(CC(O)COc2ccc(N)cc2)CC1N(C)C. The van der Waals surface area contributed by atoms with E-state index in [1.807, 2.05) is 12.1 Å². The van der Waals surface area contributed by atoms with Crippen molar-refractivity contribution in [1.29, 1.82) is 0 Å². The highest BCUT2D eigenvalue weighted by atomic mass is 16.5. The number of benzene rings is 1. The summed E-state index contributed by atoms with van der Waals surface area (Å²) in [7, 11) is 4.23. The van der Waals surface area contributed by atoms with Gasteiger partial charge >= 0.3 is 0 Å². The van der Waals surface area contributed by atoms with Gasteiger partial charge < -0.3 is 20.5 Å². The van der Waals surface area contributed by atoms with Gasteiger partial charge in [0.1, 0.15) is 18.5 Å². The number of likely N-dealkylation sites (N-methyl/N-ethyl adjacent to an activating group) is 1. The molecule has 1 aromatic carbocycles. The number of ether oxygens (including phenoxy) is 1. The smallest absolute Gasteiger partial charge is 0.119 e. The average molecular weight is 293 g/mol. The number of nitrogens with two attached hydrogens (primary N) is 1. The Kier molecular flexibility index (Phi) is 5.45. The summed E-state index contributed by atoms with van der Waals surface area (Å²) in [6.45, 7) is 5.27. The van der Waals surface area contributed by atoms with E-state index in [0.717, 1.165) is 18.8 Å². The van der Waals surface area contributed by atoms with Crippen LogP contribution in [0.25, 0.3) is 0 Å². The van der Waals surface area contributed by atoms with Crippen LogP contribution in [0.15, 0.2) is 24.3 Å². The molecule has 3 N–H and O–H groups in total. The van der Waals surface area contributed by atoms with E-state index >= 15 is 0 Å². The van der Waals surface area contributed by atoms with Crippen LogP contribution in [0.5, 0.6) is 5.75 Å². The Morgan fingerprint density at radius 1 is 1.33 bits per heavy atom. The number of aliphatic hydroxyl groups excluding tert-OH is 1. The second-order valence-electron chi connectivity index (χ2n) is 6.26. The maximum absolute atomic E-state index is 10.1. The molecule has 1 aliphatic rings. The van der Waals surface area contributed by atoms with Gasteiger partial charge in [0.15, 0.2) is 0 Å². The molecule has 2 rings (SSSR count). The Balaban J connectivity index is 1.75. The van der Waals surface area contributed by atoms with Crippen molar-refractivity contribution in [2.45, 2.75) is 19.1 Å². The molecule has 0 aromatic heterocycles. The Morgan fingerprint density at radius 3 is 2.57 bits per heavy atom. The molecule has 5 heteroatoms. The zero-order valence-electron chi connectivity index (χ0n) is 13.2. The number of anilines is 1. The molecule has 3 atom stereocenters. The fraction of sp³-hybridized carbons (Fsp3) is 0.625. The van der Waals surface area contributed by atoms with Crippen molar-refractivity contribution < 1.29 is 9.84 Å². The van der Waals surface area contributed by atoms with Crippen molar-refractivity contribution in [3.63, 3.8) is 0 Å².